The third-order valence-electron chi connectivity index (χ3n) is 3.69. The van der Waals surface area contributed by atoms with Crippen LogP contribution in [0.15, 0.2) is 48.5 Å². The van der Waals surface area contributed by atoms with Crippen molar-refractivity contribution in [2.45, 2.75) is 32.9 Å². The zero-order chi connectivity index (χ0) is 14.4. The van der Waals surface area contributed by atoms with E-state index in [-0.39, 0.29) is 0 Å². The van der Waals surface area contributed by atoms with Crippen molar-refractivity contribution in [1.29, 1.82) is 0 Å². The largest absolute Gasteiger partial charge is 0.497 e. The van der Waals surface area contributed by atoms with Gasteiger partial charge in [0.25, 0.3) is 0 Å². The van der Waals surface area contributed by atoms with Gasteiger partial charge >= 0.3 is 0 Å². The number of aryl methyl sites for hydroxylation is 1. The third-order valence-corrected chi connectivity index (χ3v) is 3.69. The number of benzene rings is 2. The molecule has 1 atom stereocenters. The molecule has 0 heterocycles. The monoisotopic (exact) mass is 269 g/mol. The average molecular weight is 269 g/mol. The molecule has 0 bridgehead atoms. The summed E-state index contributed by atoms with van der Waals surface area (Å²) in [5.74, 6) is 0.908. The van der Waals surface area contributed by atoms with Crippen LogP contribution < -0.4 is 10.1 Å². The molecule has 0 aliphatic carbocycles. The Morgan fingerprint density at radius 1 is 1.05 bits per heavy atom. The summed E-state index contributed by atoms with van der Waals surface area (Å²) in [5, 5.41) is 3.59. The lowest BCUT2D eigenvalue weighted by Crippen LogP contribution is -2.18. The van der Waals surface area contributed by atoms with E-state index in [0.717, 1.165) is 18.7 Å². The smallest absolute Gasteiger partial charge is 0.119 e. The molecule has 0 aliphatic rings. The van der Waals surface area contributed by atoms with Gasteiger partial charge in [-0.2, -0.15) is 0 Å². The molecule has 0 unspecified atom stereocenters. The molecule has 0 amide bonds. The Bertz CT molecular complexity index is 551. The van der Waals surface area contributed by atoms with Gasteiger partial charge in [0.2, 0.25) is 0 Å². The second kappa shape index (κ2) is 7.11. The minimum atomic E-state index is 0.301. The van der Waals surface area contributed by atoms with Gasteiger partial charge in [-0.25, -0.2) is 0 Å². The van der Waals surface area contributed by atoms with E-state index in [1.54, 1.807) is 7.11 Å². The summed E-state index contributed by atoms with van der Waals surface area (Å²) < 4.78 is 5.28. The quantitative estimate of drug-likeness (QED) is 0.852. The summed E-state index contributed by atoms with van der Waals surface area (Å²) in [4.78, 5) is 0. The maximum Gasteiger partial charge on any atom is 0.119 e. The number of nitrogens with one attached hydrogen (secondary N) is 1. The summed E-state index contributed by atoms with van der Waals surface area (Å²) in [6.07, 6.45) is 1.07. The first-order chi connectivity index (χ1) is 9.74. The lowest BCUT2D eigenvalue weighted by molar-refractivity contribution is 0.413. The van der Waals surface area contributed by atoms with Crippen LogP contribution in [0.3, 0.4) is 0 Å². The van der Waals surface area contributed by atoms with Crippen molar-refractivity contribution in [3.8, 4) is 5.75 Å². The zero-order valence-corrected chi connectivity index (χ0v) is 12.5. The molecule has 2 rings (SSSR count). The molecule has 20 heavy (non-hydrogen) atoms. The second-order valence-corrected chi connectivity index (χ2v) is 5.00. The first-order valence-corrected chi connectivity index (χ1v) is 7.18. The van der Waals surface area contributed by atoms with Gasteiger partial charge < -0.3 is 10.1 Å². The van der Waals surface area contributed by atoms with E-state index >= 15 is 0 Å². The van der Waals surface area contributed by atoms with Gasteiger partial charge in [0.15, 0.2) is 0 Å². The Kier molecular flexibility index (Phi) is 5.19. The fraction of sp³-hybridized carbons (Fsp3) is 0.333. The van der Waals surface area contributed by atoms with E-state index in [4.69, 9.17) is 4.74 Å². The molecule has 2 aromatic carbocycles. The molecule has 0 saturated heterocycles. The van der Waals surface area contributed by atoms with Crippen LogP contribution in [0, 0.1) is 0 Å². The third kappa shape index (κ3) is 3.61. The van der Waals surface area contributed by atoms with Crippen molar-refractivity contribution in [2.24, 2.45) is 0 Å². The van der Waals surface area contributed by atoms with E-state index in [9.17, 15) is 0 Å². The van der Waals surface area contributed by atoms with Gasteiger partial charge in [-0.15, -0.1) is 0 Å². The SMILES string of the molecule is CCc1ccccc1CN[C@H](C)c1cccc(OC)c1. The number of methoxy groups -OCH3 is 1. The highest BCUT2D eigenvalue weighted by molar-refractivity contribution is 5.31. The fourth-order valence-electron chi connectivity index (χ4n) is 2.37. The van der Waals surface area contributed by atoms with Crippen molar-refractivity contribution in [3.63, 3.8) is 0 Å². The van der Waals surface area contributed by atoms with Crippen molar-refractivity contribution < 1.29 is 4.74 Å². The van der Waals surface area contributed by atoms with Crippen LogP contribution >= 0.6 is 0 Å². The Hall–Kier alpha value is -1.80. The van der Waals surface area contributed by atoms with Crippen LogP contribution in [0.4, 0.5) is 0 Å². The Morgan fingerprint density at radius 3 is 2.50 bits per heavy atom. The van der Waals surface area contributed by atoms with Gasteiger partial charge in [0, 0.05) is 12.6 Å². The molecule has 2 nitrogen and oxygen atoms in total. The highest BCUT2D eigenvalue weighted by Crippen LogP contribution is 2.19. The van der Waals surface area contributed by atoms with Gasteiger partial charge in [0.1, 0.15) is 5.75 Å². The summed E-state index contributed by atoms with van der Waals surface area (Å²) in [7, 11) is 1.70. The average Bonchev–Trinajstić information content (AvgIpc) is 2.52. The molecule has 0 spiro atoms. The number of ether oxygens (including phenoxy) is 1. The predicted octanol–water partition coefficient (Wildman–Crippen LogP) is 4.11. The number of hydrogen-bond acceptors (Lipinski definition) is 2. The molecule has 0 fully saturated rings. The van der Waals surface area contributed by atoms with Crippen LogP contribution in [0.5, 0.6) is 5.75 Å². The molecule has 106 valence electrons. The molecule has 0 aliphatic heterocycles. The number of hydrogen-bond donors (Lipinski definition) is 1. The Labute approximate surface area is 121 Å². The summed E-state index contributed by atoms with van der Waals surface area (Å²) >= 11 is 0. The van der Waals surface area contributed by atoms with E-state index in [1.807, 2.05) is 12.1 Å². The molecular weight excluding hydrogens is 246 g/mol. The van der Waals surface area contributed by atoms with Crippen LogP contribution in [-0.4, -0.2) is 7.11 Å². The van der Waals surface area contributed by atoms with Crippen LogP contribution in [0.25, 0.3) is 0 Å². The van der Waals surface area contributed by atoms with Crippen LogP contribution in [0.1, 0.15) is 36.6 Å². The lowest BCUT2D eigenvalue weighted by Gasteiger charge is -2.16. The van der Waals surface area contributed by atoms with Crippen molar-refractivity contribution >= 4 is 0 Å². The molecule has 0 aromatic heterocycles. The van der Waals surface area contributed by atoms with Gasteiger partial charge in [0.05, 0.1) is 7.11 Å². The summed E-state index contributed by atoms with van der Waals surface area (Å²) in [5.41, 5.74) is 4.04. The normalized spacial score (nSPS) is 12.2. The topological polar surface area (TPSA) is 21.3 Å². The molecular formula is C18H23NO. The Morgan fingerprint density at radius 2 is 1.80 bits per heavy atom. The van der Waals surface area contributed by atoms with Crippen LogP contribution in [-0.2, 0) is 13.0 Å². The maximum absolute atomic E-state index is 5.28. The fourth-order valence-corrected chi connectivity index (χ4v) is 2.37. The van der Waals surface area contributed by atoms with Crippen molar-refractivity contribution in [1.82, 2.24) is 5.32 Å². The number of rotatable bonds is 6. The molecule has 0 saturated carbocycles. The first kappa shape index (κ1) is 14.6. The van der Waals surface area contributed by atoms with Gasteiger partial charge in [-0.1, -0.05) is 43.3 Å². The van der Waals surface area contributed by atoms with E-state index in [2.05, 4.69) is 55.6 Å². The van der Waals surface area contributed by atoms with Crippen LogP contribution in [0.2, 0.25) is 0 Å². The van der Waals surface area contributed by atoms with Crippen molar-refractivity contribution in [2.75, 3.05) is 7.11 Å². The van der Waals surface area contributed by atoms with E-state index < -0.39 is 0 Å². The van der Waals surface area contributed by atoms with Crippen molar-refractivity contribution in [3.05, 3.63) is 65.2 Å². The standard InChI is InChI=1S/C18H23NO/c1-4-15-8-5-6-9-17(15)13-19-14(2)16-10-7-11-18(12-16)20-3/h5-12,14,19H,4,13H2,1-3H3/t14-/m1/s1. The first-order valence-electron chi connectivity index (χ1n) is 7.18. The van der Waals surface area contributed by atoms with E-state index in [1.165, 1.54) is 16.7 Å². The maximum atomic E-state index is 5.28. The summed E-state index contributed by atoms with van der Waals surface area (Å²) in [6, 6.07) is 17.1. The second-order valence-electron chi connectivity index (χ2n) is 5.00. The molecule has 2 heteroatoms. The molecule has 1 N–H and O–H groups in total. The highest BCUT2D eigenvalue weighted by atomic mass is 16.5. The predicted molar refractivity (Wildman–Crippen MR) is 84.1 cm³/mol. The van der Waals surface area contributed by atoms with E-state index in [0.29, 0.717) is 6.04 Å². The lowest BCUT2D eigenvalue weighted by atomic mass is 10.0. The summed E-state index contributed by atoms with van der Waals surface area (Å²) in [6.45, 7) is 5.27. The highest BCUT2D eigenvalue weighted by Gasteiger charge is 2.07. The molecule has 0 radical (unpaired) electrons. The van der Waals surface area contributed by atoms with Gasteiger partial charge in [-0.3, -0.25) is 0 Å². The molecule has 2 aromatic rings. The van der Waals surface area contributed by atoms with Gasteiger partial charge in [-0.05, 0) is 42.2 Å². The zero-order valence-electron chi connectivity index (χ0n) is 12.5. The minimum absolute atomic E-state index is 0.301. The minimum Gasteiger partial charge on any atom is -0.497 e. The Balaban J connectivity index is 2.02.